The zero-order chi connectivity index (χ0) is 12.3. The molecule has 0 amide bonds. The molecule has 0 aliphatic heterocycles. The minimum Gasteiger partial charge on any atom is -0.497 e. The van der Waals surface area contributed by atoms with Crippen LogP contribution in [-0.2, 0) is 6.42 Å². The smallest absolute Gasteiger partial charge is 0.119 e. The van der Waals surface area contributed by atoms with Crippen molar-refractivity contribution in [3.8, 4) is 5.75 Å². The van der Waals surface area contributed by atoms with E-state index in [0.29, 0.717) is 5.41 Å². The van der Waals surface area contributed by atoms with Gasteiger partial charge in [0.05, 0.1) is 7.11 Å². The van der Waals surface area contributed by atoms with Crippen LogP contribution in [0.4, 0.5) is 0 Å². The van der Waals surface area contributed by atoms with Crippen molar-refractivity contribution >= 4 is 15.9 Å². The Bertz CT molecular complexity index is 388. The minimum atomic E-state index is 0.462. The Morgan fingerprint density at radius 1 is 1.41 bits per heavy atom. The van der Waals surface area contributed by atoms with Crippen molar-refractivity contribution in [2.45, 2.75) is 25.7 Å². The van der Waals surface area contributed by atoms with Crippen LogP contribution >= 0.6 is 15.9 Å². The van der Waals surface area contributed by atoms with Crippen molar-refractivity contribution in [3.63, 3.8) is 0 Å². The lowest BCUT2D eigenvalue weighted by Crippen LogP contribution is -2.40. The van der Waals surface area contributed by atoms with Crippen LogP contribution in [0.5, 0.6) is 5.75 Å². The Balaban J connectivity index is 2.16. The van der Waals surface area contributed by atoms with E-state index >= 15 is 0 Å². The molecule has 1 saturated carbocycles. The molecule has 1 aliphatic rings. The van der Waals surface area contributed by atoms with Gasteiger partial charge in [0.15, 0.2) is 0 Å². The fourth-order valence-electron chi connectivity index (χ4n) is 2.69. The maximum Gasteiger partial charge on any atom is 0.119 e. The molecule has 0 unspecified atom stereocenters. The molecule has 94 valence electrons. The maximum absolute atomic E-state index is 5.30. The molecule has 0 radical (unpaired) electrons. The predicted molar refractivity (Wildman–Crippen MR) is 74.6 cm³/mol. The first kappa shape index (κ1) is 12.9. The number of ether oxygens (including phenoxy) is 1. The maximum atomic E-state index is 5.30. The van der Waals surface area contributed by atoms with Crippen LogP contribution in [0.1, 0.15) is 24.8 Å². The van der Waals surface area contributed by atoms with Gasteiger partial charge in [-0.15, -0.1) is 0 Å². The monoisotopic (exact) mass is 297 g/mol. The Morgan fingerprint density at radius 3 is 2.71 bits per heavy atom. The van der Waals surface area contributed by atoms with E-state index in [1.54, 1.807) is 7.11 Å². The lowest BCUT2D eigenvalue weighted by molar-refractivity contribution is 0.133. The molecule has 17 heavy (non-hydrogen) atoms. The number of nitrogens with one attached hydrogen (secondary N) is 1. The van der Waals surface area contributed by atoms with Crippen molar-refractivity contribution in [2.24, 2.45) is 5.41 Å². The first-order chi connectivity index (χ1) is 8.19. The Labute approximate surface area is 112 Å². The summed E-state index contributed by atoms with van der Waals surface area (Å²) in [4.78, 5) is 0. The number of benzene rings is 1. The molecular weight excluding hydrogens is 278 g/mol. The summed E-state index contributed by atoms with van der Waals surface area (Å²) >= 11 is 3.64. The molecule has 0 bridgehead atoms. The number of halogens is 1. The van der Waals surface area contributed by atoms with Gasteiger partial charge in [0.1, 0.15) is 5.75 Å². The molecule has 1 N–H and O–H groups in total. The Kier molecular flexibility index (Phi) is 4.10. The second-order valence-corrected chi connectivity index (χ2v) is 5.87. The number of methoxy groups -OCH3 is 1. The standard InChI is InChI=1S/C14H20BrNO/c1-16-10-14(6-3-7-14)9-11-8-12(17-2)4-5-13(11)15/h4-5,8,16H,3,6-7,9-10H2,1-2H3. The summed E-state index contributed by atoms with van der Waals surface area (Å²) in [6.07, 6.45) is 5.16. The summed E-state index contributed by atoms with van der Waals surface area (Å²) in [6.45, 7) is 1.11. The van der Waals surface area contributed by atoms with E-state index < -0.39 is 0 Å². The lowest BCUT2D eigenvalue weighted by atomic mass is 9.65. The van der Waals surface area contributed by atoms with Gasteiger partial charge in [0.25, 0.3) is 0 Å². The van der Waals surface area contributed by atoms with E-state index in [1.807, 2.05) is 13.1 Å². The summed E-state index contributed by atoms with van der Waals surface area (Å²) in [5.74, 6) is 0.946. The summed E-state index contributed by atoms with van der Waals surface area (Å²) in [5.41, 5.74) is 1.82. The Hall–Kier alpha value is -0.540. The highest BCUT2D eigenvalue weighted by atomic mass is 79.9. The van der Waals surface area contributed by atoms with Gasteiger partial charge in [-0.2, -0.15) is 0 Å². The molecule has 0 atom stereocenters. The molecule has 0 spiro atoms. The highest BCUT2D eigenvalue weighted by molar-refractivity contribution is 9.10. The molecule has 2 nitrogen and oxygen atoms in total. The molecular formula is C14H20BrNO. The van der Waals surface area contributed by atoms with Crippen molar-refractivity contribution in [2.75, 3.05) is 20.7 Å². The van der Waals surface area contributed by atoms with Crippen LogP contribution in [0.25, 0.3) is 0 Å². The second-order valence-electron chi connectivity index (χ2n) is 5.02. The van der Waals surface area contributed by atoms with Crippen LogP contribution in [0.3, 0.4) is 0 Å². The summed E-state index contributed by atoms with van der Waals surface area (Å²) in [5, 5.41) is 3.33. The van der Waals surface area contributed by atoms with Crippen LogP contribution in [0.2, 0.25) is 0 Å². The molecule has 3 heteroatoms. The topological polar surface area (TPSA) is 21.3 Å². The minimum absolute atomic E-state index is 0.462. The van der Waals surface area contributed by atoms with Crippen molar-refractivity contribution in [3.05, 3.63) is 28.2 Å². The van der Waals surface area contributed by atoms with E-state index in [9.17, 15) is 0 Å². The van der Waals surface area contributed by atoms with E-state index in [1.165, 1.54) is 29.3 Å². The third kappa shape index (κ3) is 2.83. The van der Waals surface area contributed by atoms with Gasteiger partial charge in [0.2, 0.25) is 0 Å². The van der Waals surface area contributed by atoms with Crippen LogP contribution in [0.15, 0.2) is 22.7 Å². The van der Waals surface area contributed by atoms with Gasteiger partial charge < -0.3 is 10.1 Å². The largest absolute Gasteiger partial charge is 0.497 e. The number of hydrogen-bond acceptors (Lipinski definition) is 2. The van der Waals surface area contributed by atoms with E-state index in [0.717, 1.165) is 18.7 Å². The van der Waals surface area contributed by atoms with E-state index in [-0.39, 0.29) is 0 Å². The average Bonchev–Trinajstić information content (AvgIpc) is 2.29. The zero-order valence-corrected chi connectivity index (χ0v) is 12.1. The average molecular weight is 298 g/mol. The highest BCUT2D eigenvalue weighted by Crippen LogP contribution is 2.44. The number of rotatable bonds is 5. The summed E-state index contributed by atoms with van der Waals surface area (Å²) < 4.78 is 6.49. The van der Waals surface area contributed by atoms with Gasteiger partial charge in [-0.25, -0.2) is 0 Å². The van der Waals surface area contributed by atoms with Crippen molar-refractivity contribution in [1.29, 1.82) is 0 Å². The van der Waals surface area contributed by atoms with Gasteiger partial charge in [-0.05, 0) is 55.5 Å². The Morgan fingerprint density at radius 2 is 2.18 bits per heavy atom. The molecule has 0 aromatic heterocycles. The van der Waals surface area contributed by atoms with Gasteiger partial charge in [-0.1, -0.05) is 22.4 Å². The quantitative estimate of drug-likeness (QED) is 0.899. The fourth-order valence-corrected chi connectivity index (χ4v) is 3.07. The predicted octanol–water partition coefficient (Wildman–Crippen LogP) is 3.39. The number of hydrogen-bond donors (Lipinski definition) is 1. The third-order valence-electron chi connectivity index (χ3n) is 3.78. The van der Waals surface area contributed by atoms with E-state index in [2.05, 4.69) is 33.4 Å². The fraction of sp³-hybridized carbons (Fsp3) is 0.571. The third-order valence-corrected chi connectivity index (χ3v) is 4.56. The molecule has 1 aromatic rings. The van der Waals surface area contributed by atoms with Crippen molar-refractivity contribution in [1.82, 2.24) is 5.32 Å². The van der Waals surface area contributed by atoms with Crippen LogP contribution < -0.4 is 10.1 Å². The van der Waals surface area contributed by atoms with Gasteiger partial charge >= 0.3 is 0 Å². The molecule has 1 aliphatic carbocycles. The normalized spacial score (nSPS) is 17.6. The molecule has 0 heterocycles. The van der Waals surface area contributed by atoms with Gasteiger partial charge in [-0.3, -0.25) is 0 Å². The molecule has 1 aromatic carbocycles. The van der Waals surface area contributed by atoms with E-state index in [4.69, 9.17) is 4.74 Å². The summed E-state index contributed by atoms with van der Waals surface area (Å²) in [6, 6.07) is 6.23. The summed E-state index contributed by atoms with van der Waals surface area (Å²) in [7, 11) is 3.76. The first-order valence-electron chi connectivity index (χ1n) is 6.16. The molecule has 1 fully saturated rings. The molecule has 2 rings (SSSR count). The SMILES string of the molecule is CNCC1(Cc2cc(OC)ccc2Br)CCC1. The lowest BCUT2D eigenvalue weighted by Gasteiger charge is -2.42. The van der Waals surface area contributed by atoms with Crippen LogP contribution in [0, 0.1) is 5.41 Å². The highest BCUT2D eigenvalue weighted by Gasteiger charge is 2.36. The van der Waals surface area contributed by atoms with Crippen molar-refractivity contribution < 1.29 is 4.74 Å². The molecule has 0 saturated heterocycles. The second kappa shape index (κ2) is 5.40. The first-order valence-corrected chi connectivity index (χ1v) is 6.95. The zero-order valence-electron chi connectivity index (χ0n) is 10.6. The van der Waals surface area contributed by atoms with Crippen LogP contribution in [-0.4, -0.2) is 20.7 Å². The van der Waals surface area contributed by atoms with Gasteiger partial charge in [0, 0.05) is 11.0 Å².